The molecule has 0 aliphatic carbocycles. The number of amides is 4. The second-order valence-electron chi connectivity index (χ2n) is 12.6. The van der Waals surface area contributed by atoms with Crippen LogP contribution >= 0.6 is 0 Å². The maximum Gasteiger partial charge on any atom is 0.417 e. The van der Waals surface area contributed by atoms with E-state index in [9.17, 15) is 29.4 Å². The Morgan fingerprint density at radius 3 is 1.68 bits per heavy atom. The van der Waals surface area contributed by atoms with E-state index in [2.05, 4.69) is 0 Å². The lowest BCUT2D eigenvalue weighted by molar-refractivity contribution is -0.133. The zero-order valence-electron chi connectivity index (χ0n) is 27.4. The highest BCUT2D eigenvalue weighted by Crippen LogP contribution is 2.27. The molecule has 0 spiro atoms. The Morgan fingerprint density at radius 2 is 1.14 bits per heavy atom. The van der Waals surface area contributed by atoms with Crippen LogP contribution in [0.3, 0.4) is 0 Å². The van der Waals surface area contributed by atoms with Gasteiger partial charge in [-0.3, -0.25) is 9.59 Å². The minimum absolute atomic E-state index is 0.0494. The summed E-state index contributed by atoms with van der Waals surface area (Å²) < 4.78 is 10.7. The maximum absolute atomic E-state index is 14.3. The van der Waals surface area contributed by atoms with Gasteiger partial charge in [0, 0.05) is 17.9 Å². The number of nitrogens with zero attached hydrogens (tertiary/aromatic N) is 2. The summed E-state index contributed by atoms with van der Waals surface area (Å²) in [4.78, 5) is 57.0. The summed E-state index contributed by atoms with van der Waals surface area (Å²) >= 11 is 0. The van der Waals surface area contributed by atoms with Gasteiger partial charge in [0.25, 0.3) is 5.91 Å². The highest BCUT2D eigenvalue weighted by molar-refractivity contribution is 6.04. The third-order valence-corrected chi connectivity index (χ3v) is 9.03. The van der Waals surface area contributed by atoms with Gasteiger partial charge in [-0.2, -0.15) is 0 Å². The first kappa shape index (κ1) is 34.0. The van der Waals surface area contributed by atoms with E-state index < -0.39 is 42.0 Å². The molecule has 2 aliphatic rings. The van der Waals surface area contributed by atoms with Gasteiger partial charge >= 0.3 is 12.2 Å². The highest BCUT2D eigenvalue weighted by Gasteiger charge is 2.42. The molecule has 50 heavy (non-hydrogen) atoms. The first-order chi connectivity index (χ1) is 24.2. The van der Waals surface area contributed by atoms with Gasteiger partial charge < -0.3 is 19.7 Å². The number of ether oxygens (including phenoxy) is 2. The van der Waals surface area contributed by atoms with E-state index in [4.69, 9.17) is 9.47 Å². The molecule has 3 unspecified atom stereocenters. The first-order valence-corrected chi connectivity index (χ1v) is 16.6. The fourth-order valence-electron chi connectivity index (χ4n) is 6.41. The molecule has 0 radical (unpaired) electrons. The second-order valence-corrected chi connectivity index (χ2v) is 12.6. The monoisotopic (exact) mass is 674 g/mol. The van der Waals surface area contributed by atoms with Gasteiger partial charge in [0.2, 0.25) is 5.91 Å². The molecule has 4 aromatic rings. The van der Waals surface area contributed by atoms with E-state index in [0.29, 0.717) is 18.4 Å². The number of benzene rings is 4. The van der Waals surface area contributed by atoms with Gasteiger partial charge in [-0.1, -0.05) is 91.0 Å². The highest BCUT2D eigenvalue weighted by atomic mass is 16.6. The van der Waals surface area contributed by atoms with Crippen LogP contribution in [0.2, 0.25) is 0 Å². The molecule has 2 N–H and O–H groups in total. The molecule has 0 saturated carbocycles. The first-order valence-electron chi connectivity index (χ1n) is 16.6. The van der Waals surface area contributed by atoms with Crippen LogP contribution in [0.25, 0.3) is 0 Å². The Kier molecular flexibility index (Phi) is 10.6. The molecule has 2 aliphatic heterocycles. The number of hydrogen-bond acceptors (Lipinski definition) is 8. The largest absolute Gasteiger partial charge is 0.508 e. The molecule has 2 fully saturated rings. The van der Waals surface area contributed by atoms with Crippen molar-refractivity contribution in [2.75, 3.05) is 13.2 Å². The maximum atomic E-state index is 14.3. The topological polar surface area (TPSA) is 134 Å². The zero-order chi connectivity index (χ0) is 35.0. The van der Waals surface area contributed by atoms with E-state index in [0.717, 1.165) is 21.6 Å². The van der Waals surface area contributed by atoms with Crippen LogP contribution in [0.5, 0.6) is 11.5 Å². The van der Waals surface area contributed by atoms with E-state index in [1.54, 1.807) is 30.3 Å². The Morgan fingerprint density at radius 1 is 0.660 bits per heavy atom. The molecule has 256 valence electrons. The number of phenols is 2. The van der Waals surface area contributed by atoms with Crippen molar-refractivity contribution in [1.82, 2.24) is 9.80 Å². The smallest absolute Gasteiger partial charge is 0.417 e. The van der Waals surface area contributed by atoms with Crippen molar-refractivity contribution in [2.45, 2.75) is 44.2 Å². The van der Waals surface area contributed by atoms with E-state index >= 15 is 0 Å². The molecule has 10 nitrogen and oxygen atoms in total. The zero-order valence-corrected chi connectivity index (χ0v) is 27.4. The van der Waals surface area contributed by atoms with E-state index in [-0.39, 0.29) is 49.5 Å². The van der Waals surface area contributed by atoms with Gasteiger partial charge in [-0.05, 0) is 72.2 Å². The van der Waals surface area contributed by atoms with Crippen molar-refractivity contribution < 1.29 is 38.9 Å². The van der Waals surface area contributed by atoms with Gasteiger partial charge in [0.15, 0.2) is 0 Å². The summed E-state index contributed by atoms with van der Waals surface area (Å²) in [5.74, 6) is -1.64. The van der Waals surface area contributed by atoms with Crippen molar-refractivity contribution in [3.63, 3.8) is 0 Å². The summed E-state index contributed by atoms with van der Waals surface area (Å²) in [6.07, 6.45) is 1.41. The molecule has 3 atom stereocenters. The SMILES string of the molecule is O=C1OCC(Cc2ccccc2)N1C(=O)/C(=C/CC(Cc1ccc(O)cc1)C(=O)N1C(=O)OCC1Cc1ccccc1)Cc1ccc(O)cc1. The molecule has 0 bridgehead atoms. The molecule has 4 aromatic carbocycles. The van der Waals surface area contributed by atoms with Crippen LogP contribution < -0.4 is 0 Å². The van der Waals surface area contributed by atoms with Crippen molar-refractivity contribution in [3.8, 4) is 11.5 Å². The molecule has 4 amide bonds. The van der Waals surface area contributed by atoms with Crippen molar-refractivity contribution in [1.29, 1.82) is 0 Å². The predicted molar refractivity (Wildman–Crippen MR) is 184 cm³/mol. The van der Waals surface area contributed by atoms with Crippen LogP contribution in [0.1, 0.15) is 28.7 Å². The molecular weight excluding hydrogens is 636 g/mol. The summed E-state index contributed by atoms with van der Waals surface area (Å²) in [6.45, 7) is 0.111. The number of carbonyl (C=O) groups excluding carboxylic acids is 4. The van der Waals surface area contributed by atoms with Gasteiger partial charge in [0.05, 0.1) is 12.1 Å². The Balaban J connectivity index is 1.32. The molecule has 2 saturated heterocycles. The van der Waals surface area contributed by atoms with Crippen molar-refractivity contribution in [2.24, 2.45) is 5.92 Å². The second kappa shape index (κ2) is 15.5. The van der Waals surface area contributed by atoms with Crippen LogP contribution in [-0.4, -0.2) is 69.3 Å². The van der Waals surface area contributed by atoms with Gasteiger partial charge in [0.1, 0.15) is 24.7 Å². The fourth-order valence-corrected chi connectivity index (χ4v) is 6.41. The standard InChI is InChI=1S/C40H38N2O8/c43-35-17-11-29(12-18-35)21-31(37(45)41-33(25-49-39(41)47)23-27-7-3-1-4-8-27)15-16-32(22-30-13-19-36(44)20-14-30)38(46)42-34(26-50-40(42)48)24-28-9-5-2-6-10-28/h1-15,17-20,32-34,43-44H,16,21-26H2/b31-15+. The number of hydrogen-bond donors (Lipinski definition) is 2. The van der Waals surface area contributed by atoms with E-state index in [1.165, 1.54) is 29.2 Å². The van der Waals surface area contributed by atoms with Crippen LogP contribution in [0.4, 0.5) is 9.59 Å². The average Bonchev–Trinajstić information content (AvgIpc) is 3.68. The lowest BCUT2D eigenvalue weighted by Gasteiger charge is -2.25. The molecule has 0 aromatic heterocycles. The normalized spacial score (nSPS) is 18.1. The van der Waals surface area contributed by atoms with Crippen molar-refractivity contribution >= 4 is 24.0 Å². The Bertz CT molecular complexity index is 1840. The lowest BCUT2D eigenvalue weighted by atomic mass is 9.91. The molecular formula is C40H38N2O8. The third-order valence-electron chi connectivity index (χ3n) is 9.03. The quantitative estimate of drug-likeness (QED) is 0.175. The number of phenolic OH excluding ortho intramolecular Hbond substituents is 2. The van der Waals surface area contributed by atoms with Crippen LogP contribution in [0, 0.1) is 5.92 Å². The summed E-state index contributed by atoms with van der Waals surface area (Å²) in [6, 6.07) is 30.9. The molecule has 10 heteroatoms. The Hall–Kier alpha value is -5.90. The third kappa shape index (κ3) is 8.20. The number of aromatic hydroxyl groups is 2. The number of carbonyl (C=O) groups is 4. The van der Waals surface area contributed by atoms with Crippen LogP contribution in [0.15, 0.2) is 121 Å². The fraction of sp³-hybridized carbons (Fsp3) is 0.250. The van der Waals surface area contributed by atoms with Gasteiger partial charge in [-0.15, -0.1) is 0 Å². The van der Waals surface area contributed by atoms with Crippen molar-refractivity contribution in [3.05, 3.63) is 143 Å². The van der Waals surface area contributed by atoms with Gasteiger partial charge in [-0.25, -0.2) is 19.4 Å². The average molecular weight is 675 g/mol. The number of rotatable bonds is 12. The number of allylic oxidation sites excluding steroid dienone is 1. The van der Waals surface area contributed by atoms with Crippen LogP contribution in [-0.2, 0) is 44.7 Å². The summed E-state index contributed by atoms with van der Waals surface area (Å²) in [5.41, 5.74) is 3.62. The molecule has 2 heterocycles. The minimum Gasteiger partial charge on any atom is -0.508 e. The summed E-state index contributed by atoms with van der Waals surface area (Å²) in [7, 11) is 0. The molecule has 6 rings (SSSR count). The summed E-state index contributed by atoms with van der Waals surface area (Å²) in [5, 5.41) is 19.7. The predicted octanol–water partition coefficient (Wildman–Crippen LogP) is 6.00. The Labute approximate surface area is 290 Å². The number of imide groups is 2. The lowest BCUT2D eigenvalue weighted by Crippen LogP contribution is -2.44. The van der Waals surface area contributed by atoms with E-state index in [1.807, 2.05) is 60.7 Å². The minimum atomic E-state index is -0.795. The number of cyclic esters (lactones) is 2.